The molecule has 6 aliphatic heterocycles. The van der Waals surface area contributed by atoms with Gasteiger partial charge in [-0.1, -0.05) is 41.5 Å². The molecule has 1 aromatic heterocycles. The molecule has 7 amide bonds. The third-order valence-corrected chi connectivity index (χ3v) is 23.4. The number of allylic oxidation sites excluding steroid dienone is 3. The van der Waals surface area contributed by atoms with Gasteiger partial charge in [-0.3, -0.25) is 58.6 Å². The Bertz CT molecular complexity index is 3990. The number of nitro benzene ring substituents is 1. The Morgan fingerprint density at radius 3 is 1.97 bits per heavy atom. The number of benzene rings is 2. The summed E-state index contributed by atoms with van der Waals surface area (Å²) in [5.41, 5.74) is 36.5. The van der Waals surface area contributed by atoms with Gasteiger partial charge in [-0.05, 0) is 141 Å². The predicted molar refractivity (Wildman–Crippen MR) is 371 cm³/mol. The van der Waals surface area contributed by atoms with Crippen molar-refractivity contribution in [2.45, 2.75) is 207 Å². The molecule has 32 heteroatoms. The number of amides is 7. The van der Waals surface area contributed by atoms with Crippen molar-refractivity contribution < 1.29 is 93.3 Å². The number of fused-ring (bicyclic) bond motifs is 10. The Labute approximate surface area is 603 Å². The van der Waals surface area contributed by atoms with Crippen LogP contribution in [0.25, 0.3) is 32.3 Å². The molecule has 559 valence electrons. The molecule has 102 heavy (non-hydrogen) atoms. The van der Waals surface area contributed by atoms with E-state index in [0.29, 0.717) is 44.8 Å². The number of carbonyl (C=O) groups is 7. The predicted octanol–water partition coefficient (Wildman–Crippen LogP) is 5.91. The van der Waals surface area contributed by atoms with Gasteiger partial charge < -0.3 is 86.5 Å². The fraction of sp³-hybridized carbons (Fsp3) is 0.586. The standard InChI is InChI=1S/C62H90N13O14P.C8H4NO2.Co/c1-29-20-39-40(21-30(29)2)75(28-70-39)57-52(84)53(41(27-76)87-57)89-90(85,86)88-31(3)26-69-49(83)18-19-59(8)37(22-46(66)80)56-62(11)61(10,25-48(68)82)36(14-17-45(65)79)51(74-62)33(5)55-60(9,24-47(67)81)34(12-15-43(63)77)38(71-55)23-42-58(6,7)35(13-16-44(64)78)50(72-42)32(4)54(59)73-56;1-2-7-3-5-8(6-4-7)9(10)11;/h20-21,23,26,28,31,34-37,41-42,50-53,56-57,76,84H,12-19,22,24-25,27H2,1-11H3,(H13,63,64,65,66,67,68,77,78,79,80,81,82,85,86);3-6H;/q-4;-1;/b38-23-,54-32-,55-33-,69-26?;;/t31-,34-,35-,36-,37+,41-,42?,50?,51?,52-,53-,56-,57+,59-,60+,61+,62+;;/m1../s1. The van der Waals surface area contributed by atoms with Crippen LogP contribution in [-0.2, 0) is 68.7 Å². The van der Waals surface area contributed by atoms with E-state index in [0.717, 1.165) is 17.3 Å². The number of primary amides is 6. The minimum atomic E-state index is -5.11. The smallest absolute Gasteiger partial charge is 0.473 e. The van der Waals surface area contributed by atoms with Gasteiger partial charge in [0.25, 0.3) is 5.69 Å². The number of ether oxygens (including phenoxy) is 1. The van der Waals surface area contributed by atoms with E-state index in [1.807, 2.05) is 87.4 Å². The quantitative estimate of drug-likeness (QED) is 0.00857. The number of nitrogens with zero attached hydrogens (tertiary/aromatic N) is 8. The van der Waals surface area contributed by atoms with Gasteiger partial charge in [-0.15, -0.1) is 64.6 Å². The molecule has 5 fully saturated rings. The van der Waals surface area contributed by atoms with E-state index >= 15 is 0 Å². The van der Waals surface area contributed by atoms with Gasteiger partial charge in [0.05, 0.1) is 28.9 Å². The fourth-order valence-electron chi connectivity index (χ4n) is 16.6. The third kappa shape index (κ3) is 16.6. The molecule has 15 N–H and O–H groups in total. The molecule has 18 atom stereocenters. The Balaban J connectivity index is 0.00000111. The maximum absolute atomic E-state index is 14.3. The summed E-state index contributed by atoms with van der Waals surface area (Å²) in [6.45, 7) is 19.6. The number of rotatable bonds is 26. The molecule has 9 rings (SSSR count). The third-order valence-electron chi connectivity index (χ3n) is 22.2. The number of carbonyl (C=O) groups excluding carboxylic acids is 7. The van der Waals surface area contributed by atoms with Gasteiger partial charge in [0, 0.05) is 67.9 Å². The van der Waals surface area contributed by atoms with Crippen LogP contribution < -0.4 is 44.0 Å². The van der Waals surface area contributed by atoms with Crippen LogP contribution in [0, 0.1) is 81.6 Å². The number of nitro groups is 1. The number of non-ortho nitro benzene ring substituents is 1. The number of nitrogens with two attached hydrogens (primary N) is 6. The van der Waals surface area contributed by atoms with Crippen LogP contribution in [0.15, 0.2) is 82.0 Å². The first-order valence-corrected chi connectivity index (χ1v) is 35.1. The van der Waals surface area contributed by atoms with Crippen molar-refractivity contribution >= 4 is 72.1 Å². The summed E-state index contributed by atoms with van der Waals surface area (Å²) in [5.74, 6) is -5.06. The van der Waals surface area contributed by atoms with E-state index in [9.17, 15) is 63.3 Å². The minimum absolute atomic E-state index is 0. The van der Waals surface area contributed by atoms with Gasteiger partial charge >= 0.3 is 7.82 Å². The molecular weight excluding hydrogens is 1380 g/mol. The molecule has 0 aliphatic carbocycles. The molecule has 3 aromatic rings. The Morgan fingerprint density at radius 2 is 1.40 bits per heavy atom. The molecular formula is C70H94CoN14O16P-5. The minimum Gasteiger partial charge on any atom is -0.685 e. The zero-order valence-electron chi connectivity index (χ0n) is 59.2. The van der Waals surface area contributed by atoms with Crippen molar-refractivity contribution in [3.05, 3.63) is 132 Å². The van der Waals surface area contributed by atoms with Crippen LogP contribution in [0.1, 0.15) is 156 Å². The normalized spacial score (nSPS) is 33.5. The van der Waals surface area contributed by atoms with E-state index in [1.54, 1.807) is 4.57 Å². The second kappa shape index (κ2) is 31.7. The first kappa shape index (κ1) is 81.6. The van der Waals surface area contributed by atoms with E-state index in [4.69, 9.17) is 75.9 Å². The zero-order valence-corrected chi connectivity index (χ0v) is 61.1. The molecule has 8 bridgehead atoms. The SMILES string of the molecule is C/C1=C2/[N-][C@H]([C@H](CC(N)=O)[C@@]2(C)CCC(=O)N=C[C@@H](C)OP(=O)(O)O[C@H]2[C@@H](O)[C@@H]([n+]3c[n-]c4cc(C)c(C)cc43)O[C@@H]2CO)[C@]2(C)[N-]C(/C(C)=C3\[N-]/C(=C\C4[N-]C1[C@@H](CCC(N)=O)C4(C)C)[C@@H](CCC(N)=O)[C@]3(C)CC(N)=O)[C@@H](CCC(N)=O)[C@]2(C)CC(N)=O.[C-]#Cc1ccc([N+](=O)[O-])cc1.[Co]. The molecule has 0 saturated carbocycles. The molecule has 7 heterocycles. The van der Waals surface area contributed by atoms with E-state index in [-0.39, 0.29) is 93.1 Å². The Morgan fingerprint density at radius 1 is 0.814 bits per heavy atom. The fourth-order valence-corrected chi connectivity index (χ4v) is 17.7. The van der Waals surface area contributed by atoms with Crippen molar-refractivity contribution in [1.29, 1.82) is 0 Å². The number of aliphatic imine (C=N–C) groups is 1. The van der Waals surface area contributed by atoms with Crippen molar-refractivity contribution in [2.24, 2.45) is 84.7 Å². The molecule has 0 spiro atoms. The number of phosphoric ester groups is 1. The Kier molecular flexibility index (Phi) is 25.3. The summed E-state index contributed by atoms with van der Waals surface area (Å²) in [6.07, 6.45) is 3.25. The number of aryl methyl sites for hydroxylation is 2. The van der Waals surface area contributed by atoms with Crippen molar-refractivity contribution in [3.63, 3.8) is 0 Å². The van der Waals surface area contributed by atoms with Crippen LogP contribution >= 0.6 is 7.82 Å². The number of phosphoric acid groups is 1. The van der Waals surface area contributed by atoms with Crippen LogP contribution in [0.2, 0.25) is 0 Å². The van der Waals surface area contributed by atoms with Crippen LogP contribution in [0.5, 0.6) is 0 Å². The first-order chi connectivity index (χ1) is 47.1. The van der Waals surface area contributed by atoms with Gasteiger partial charge in [0.15, 0.2) is 6.23 Å². The van der Waals surface area contributed by atoms with Gasteiger partial charge in [-0.25, -0.2) is 14.5 Å². The second-order valence-corrected chi connectivity index (χ2v) is 30.6. The zero-order chi connectivity index (χ0) is 75.0. The number of hydrogen-bond acceptors (Lipinski definition) is 15. The maximum Gasteiger partial charge on any atom is 0.473 e. The summed E-state index contributed by atoms with van der Waals surface area (Å²) in [6, 6.07) is 6.11. The molecule has 4 unspecified atom stereocenters. The van der Waals surface area contributed by atoms with Crippen LogP contribution in [-0.4, -0.2) is 128 Å². The Hall–Kier alpha value is -7.73. The summed E-state index contributed by atoms with van der Waals surface area (Å²) in [5, 5.41) is 54.2. The molecule has 6 aliphatic rings. The van der Waals surface area contributed by atoms with E-state index < -0.39 is 166 Å². The molecule has 2 aromatic carbocycles. The number of hydrogen-bond donors (Lipinski definition) is 9. The molecule has 5 saturated heterocycles. The van der Waals surface area contributed by atoms with E-state index in [1.165, 1.54) is 37.5 Å². The summed E-state index contributed by atoms with van der Waals surface area (Å²) in [7, 11) is -5.11. The summed E-state index contributed by atoms with van der Waals surface area (Å²) >= 11 is 0. The summed E-state index contributed by atoms with van der Waals surface area (Å²) in [4.78, 5) is 123. The molecule has 1 radical (unpaired) electrons. The maximum atomic E-state index is 14.3. The van der Waals surface area contributed by atoms with Crippen molar-refractivity contribution in [3.8, 4) is 5.92 Å². The van der Waals surface area contributed by atoms with Crippen molar-refractivity contribution in [1.82, 2.24) is 4.98 Å². The van der Waals surface area contributed by atoms with Crippen LogP contribution in [0.3, 0.4) is 0 Å². The average Bonchev–Trinajstić information content (AvgIpc) is 1.53. The van der Waals surface area contributed by atoms with Gasteiger partial charge in [-0.2, -0.15) is 17.1 Å². The summed E-state index contributed by atoms with van der Waals surface area (Å²) < 4.78 is 32.1. The number of imidazole rings is 1. The van der Waals surface area contributed by atoms with Gasteiger partial charge in [0.1, 0.15) is 24.4 Å². The topological polar surface area (TPSA) is 511 Å². The number of aliphatic hydroxyl groups is 2. The number of aliphatic hydroxyl groups excluding tert-OH is 2. The van der Waals surface area contributed by atoms with E-state index in [2.05, 4.69) is 15.9 Å². The van der Waals surface area contributed by atoms with Crippen LogP contribution in [0.4, 0.5) is 5.69 Å². The average molecular weight is 1480 g/mol. The first-order valence-electron chi connectivity index (χ1n) is 33.6. The number of aromatic nitrogens is 2. The largest absolute Gasteiger partial charge is 0.685 e. The van der Waals surface area contributed by atoms with Crippen molar-refractivity contribution in [2.75, 3.05) is 6.61 Å². The monoisotopic (exact) mass is 1480 g/mol. The van der Waals surface area contributed by atoms with Gasteiger partial charge in [0.2, 0.25) is 41.4 Å². The molecule has 30 nitrogen and oxygen atoms in total. The second-order valence-electron chi connectivity index (χ2n) is 29.3.